The molecule has 0 radical (unpaired) electrons. The number of amides is 1. The van der Waals surface area contributed by atoms with Gasteiger partial charge in [0.15, 0.2) is 0 Å². The Hall–Kier alpha value is -4.18. The molecule has 0 aliphatic heterocycles. The van der Waals surface area contributed by atoms with E-state index in [0.29, 0.717) is 22.1 Å². The first kappa shape index (κ1) is 27.4. The Morgan fingerprint density at radius 1 is 0.973 bits per heavy atom. The van der Waals surface area contributed by atoms with Crippen molar-refractivity contribution in [3.05, 3.63) is 77.6 Å². The van der Waals surface area contributed by atoms with E-state index in [9.17, 15) is 22.4 Å². The van der Waals surface area contributed by atoms with Crippen LogP contribution in [0.15, 0.2) is 65.1 Å². The molecule has 2 N–H and O–H groups in total. The van der Waals surface area contributed by atoms with E-state index in [1.807, 2.05) is 13.8 Å². The smallest absolute Gasteiger partial charge is 0.337 e. The number of methoxy groups -OCH3 is 1. The molecule has 0 saturated heterocycles. The third-order valence-electron chi connectivity index (χ3n) is 5.28. The lowest BCUT2D eigenvalue weighted by atomic mass is 9.97. The summed E-state index contributed by atoms with van der Waals surface area (Å²) in [5.41, 5.74) is 2.27. The molecule has 8 nitrogen and oxygen atoms in total. The van der Waals surface area contributed by atoms with Crippen molar-refractivity contribution in [2.45, 2.75) is 13.8 Å². The van der Waals surface area contributed by atoms with Gasteiger partial charge in [-0.3, -0.25) is 9.52 Å². The number of sulfonamides is 1. The van der Waals surface area contributed by atoms with Crippen LogP contribution in [0.2, 0.25) is 0 Å². The minimum atomic E-state index is -3.69. The van der Waals surface area contributed by atoms with Gasteiger partial charge in [-0.15, -0.1) is 0 Å². The lowest BCUT2D eigenvalue weighted by Gasteiger charge is -2.12. The third kappa shape index (κ3) is 5.97. The normalized spacial score (nSPS) is 10.9. The number of halogens is 1. The number of fused-ring (bicyclic) bond motifs is 1. The maximum absolute atomic E-state index is 13.5. The SMILES string of the molecule is CC.CNC(=O)c1c(-c2ccc(F)cc2)oc2cc(NS(C)(=O)=O)c(-c3cccc(C(=O)OC)c3)cc12. The molecular formula is C27H27FN2O6S. The highest BCUT2D eigenvalue weighted by Gasteiger charge is 2.24. The minimum absolute atomic E-state index is 0.185. The average Bonchev–Trinajstić information content (AvgIpc) is 3.26. The van der Waals surface area contributed by atoms with Crippen LogP contribution in [0.4, 0.5) is 10.1 Å². The zero-order valence-corrected chi connectivity index (χ0v) is 21.8. The molecule has 37 heavy (non-hydrogen) atoms. The molecule has 4 aromatic rings. The fourth-order valence-corrected chi connectivity index (χ4v) is 4.32. The topological polar surface area (TPSA) is 115 Å². The Morgan fingerprint density at radius 3 is 2.24 bits per heavy atom. The molecule has 4 rings (SSSR count). The van der Waals surface area contributed by atoms with Crippen molar-refractivity contribution in [1.82, 2.24) is 5.32 Å². The predicted octanol–water partition coefficient (Wildman–Crippen LogP) is 5.45. The van der Waals surface area contributed by atoms with Crippen LogP contribution in [0.1, 0.15) is 34.6 Å². The molecule has 0 spiro atoms. The Labute approximate surface area is 214 Å². The molecular weight excluding hydrogens is 499 g/mol. The zero-order valence-electron chi connectivity index (χ0n) is 21.0. The number of furan rings is 1. The lowest BCUT2D eigenvalue weighted by Crippen LogP contribution is -2.18. The van der Waals surface area contributed by atoms with E-state index in [-0.39, 0.29) is 28.2 Å². The number of hydrogen-bond acceptors (Lipinski definition) is 6. The van der Waals surface area contributed by atoms with Gasteiger partial charge in [-0.05, 0) is 48.0 Å². The van der Waals surface area contributed by atoms with Gasteiger partial charge in [0.05, 0.1) is 30.2 Å². The number of ether oxygens (including phenoxy) is 1. The molecule has 194 valence electrons. The van der Waals surface area contributed by atoms with E-state index in [1.165, 1.54) is 44.5 Å². The Morgan fingerprint density at radius 2 is 1.65 bits per heavy atom. The maximum atomic E-state index is 13.5. The van der Waals surface area contributed by atoms with Gasteiger partial charge in [0, 0.05) is 29.6 Å². The second-order valence-corrected chi connectivity index (χ2v) is 9.48. The number of rotatable bonds is 6. The van der Waals surface area contributed by atoms with Crippen LogP contribution in [-0.4, -0.2) is 40.7 Å². The summed E-state index contributed by atoms with van der Waals surface area (Å²) in [5.74, 6) is -1.25. The molecule has 0 aliphatic carbocycles. The second-order valence-electron chi connectivity index (χ2n) is 7.73. The van der Waals surface area contributed by atoms with E-state index in [0.717, 1.165) is 6.26 Å². The highest BCUT2D eigenvalue weighted by molar-refractivity contribution is 7.92. The predicted molar refractivity (Wildman–Crippen MR) is 142 cm³/mol. The molecule has 1 aromatic heterocycles. The van der Waals surface area contributed by atoms with Crippen LogP contribution in [-0.2, 0) is 14.8 Å². The van der Waals surface area contributed by atoms with E-state index in [1.54, 1.807) is 30.3 Å². The summed E-state index contributed by atoms with van der Waals surface area (Å²) in [6.45, 7) is 4.00. The number of esters is 1. The fourth-order valence-electron chi connectivity index (χ4n) is 3.75. The molecule has 0 fully saturated rings. The highest BCUT2D eigenvalue weighted by atomic mass is 32.2. The van der Waals surface area contributed by atoms with E-state index >= 15 is 0 Å². The number of anilines is 1. The van der Waals surface area contributed by atoms with Crippen molar-refractivity contribution in [2.24, 2.45) is 0 Å². The van der Waals surface area contributed by atoms with E-state index in [4.69, 9.17) is 9.15 Å². The summed E-state index contributed by atoms with van der Waals surface area (Å²) in [6.07, 6.45) is 1.01. The summed E-state index contributed by atoms with van der Waals surface area (Å²) >= 11 is 0. The Balaban J connectivity index is 0.00000186. The standard InChI is InChI=1S/C25H21FN2O6S.C2H6/c1-27-24(29)22-19-12-18(15-5-4-6-16(11-15)25(30)33-2)20(28-35(3,31)32)13-21(19)34-23(22)14-7-9-17(26)10-8-14;1-2/h4-13,28H,1-3H3,(H,27,29);1-2H3. The number of nitrogens with one attached hydrogen (secondary N) is 2. The summed E-state index contributed by atoms with van der Waals surface area (Å²) < 4.78 is 50.9. The third-order valence-corrected chi connectivity index (χ3v) is 5.87. The summed E-state index contributed by atoms with van der Waals surface area (Å²) in [7, 11) is -0.965. The van der Waals surface area contributed by atoms with Crippen LogP contribution >= 0.6 is 0 Å². The molecule has 10 heteroatoms. The van der Waals surface area contributed by atoms with Gasteiger partial charge in [0.1, 0.15) is 17.2 Å². The Kier molecular flexibility index (Phi) is 8.34. The summed E-state index contributed by atoms with van der Waals surface area (Å²) in [6, 6.07) is 15.0. The minimum Gasteiger partial charge on any atom is -0.465 e. The van der Waals surface area contributed by atoms with Gasteiger partial charge < -0.3 is 14.5 Å². The molecule has 0 saturated carbocycles. The molecule has 0 atom stereocenters. The van der Waals surface area contributed by atoms with Gasteiger partial charge >= 0.3 is 5.97 Å². The zero-order chi connectivity index (χ0) is 27.3. The van der Waals surface area contributed by atoms with Crippen LogP contribution in [0.5, 0.6) is 0 Å². The van der Waals surface area contributed by atoms with Crippen LogP contribution in [0.3, 0.4) is 0 Å². The van der Waals surface area contributed by atoms with Crippen molar-refractivity contribution in [2.75, 3.05) is 25.1 Å². The maximum Gasteiger partial charge on any atom is 0.337 e. The van der Waals surface area contributed by atoms with Crippen LogP contribution in [0, 0.1) is 5.82 Å². The highest BCUT2D eigenvalue weighted by Crippen LogP contribution is 2.40. The monoisotopic (exact) mass is 526 g/mol. The molecule has 1 heterocycles. The first-order chi connectivity index (χ1) is 17.6. The van der Waals surface area contributed by atoms with Gasteiger partial charge in [-0.2, -0.15) is 0 Å². The fraction of sp³-hybridized carbons (Fsp3) is 0.185. The second kappa shape index (κ2) is 11.3. The number of carbonyl (C=O) groups is 2. The number of benzene rings is 3. The van der Waals surface area contributed by atoms with E-state index in [2.05, 4.69) is 10.0 Å². The van der Waals surface area contributed by atoms with Gasteiger partial charge in [0.25, 0.3) is 5.91 Å². The summed E-state index contributed by atoms with van der Waals surface area (Å²) in [4.78, 5) is 24.9. The average molecular weight is 527 g/mol. The van der Waals surface area contributed by atoms with Crippen molar-refractivity contribution >= 4 is 38.6 Å². The van der Waals surface area contributed by atoms with Gasteiger partial charge in [-0.1, -0.05) is 26.0 Å². The van der Waals surface area contributed by atoms with Crippen LogP contribution in [0.25, 0.3) is 33.4 Å². The lowest BCUT2D eigenvalue weighted by molar-refractivity contribution is 0.0600. The summed E-state index contributed by atoms with van der Waals surface area (Å²) in [5, 5.41) is 2.98. The van der Waals surface area contributed by atoms with Gasteiger partial charge in [-0.25, -0.2) is 17.6 Å². The first-order valence-corrected chi connectivity index (χ1v) is 13.3. The number of hydrogen-bond donors (Lipinski definition) is 2. The van der Waals surface area contributed by atoms with Gasteiger partial charge in [0.2, 0.25) is 10.0 Å². The number of carbonyl (C=O) groups excluding carboxylic acids is 2. The van der Waals surface area contributed by atoms with Crippen molar-refractivity contribution < 1.29 is 31.6 Å². The van der Waals surface area contributed by atoms with Crippen molar-refractivity contribution in [3.63, 3.8) is 0 Å². The Bertz CT molecular complexity index is 1560. The van der Waals surface area contributed by atoms with Crippen LogP contribution < -0.4 is 10.0 Å². The van der Waals surface area contributed by atoms with E-state index < -0.39 is 27.7 Å². The molecule has 0 bridgehead atoms. The molecule has 0 aliphatic rings. The first-order valence-electron chi connectivity index (χ1n) is 11.4. The quantitative estimate of drug-likeness (QED) is 0.323. The van der Waals surface area contributed by atoms with Crippen molar-refractivity contribution in [1.29, 1.82) is 0 Å². The van der Waals surface area contributed by atoms with Crippen molar-refractivity contribution in [3.8, 4) is 22.5 Å². The molecule has 3 aromatic carbocycles. The molecule has 0 unspecified atom stereocenters. The largest absolute Gasteiger partial charge is 0.465 e. The molecule has 1 amide bonds.